The van der Waals surface area contributed by atoms with E-state index in [9.17, 15) is 10.1 Å². The summed E-state index contributed by atoms with van der Waals surface area (Å²) in [5.41, 5.74) is 1.83. The van der Waals surface area contributed by atoms with Gasteiger partial charge in [-0.3, -0.25) is 14.6 Å². The molecule has 2 aliphatic heterocycles. The van der Waals surface area contributed by atoms with Crippen LogP contribution in [0.1, 0.15) is 11.1 Å². The van der Waals surface area contributed by atoms with Gasteiger partial charge >= 0.3 is 0 Å². The van der Waals surface area contributed by atoms with E-state index in [4.69, 9.17) is 4.74 Å². The van der Waals surface area contributed by atoms with Gasteiger partial charge in [0, 0.05) is 45.8 Å². The molecule has 6 heteroatoms. The van der Waals surface area contributed by atoms with Gasteiger partial charge in [-0.2, -0.15) is 5.26 Å². The summed E-state index contributed by atoms with van der Waals surface area (Å²) in [6.07, 6.45) is 0. The highest BCUT2D eigenvalue weighted by molar-refractivity contribution is 5.78. The van der Waals surface area contributed by atoms with Crippen molar-refractivity contribution in [3.63, 3.8) is 0 Å². The standard InChI is InChI=1S/C18H24N4O2/c19-13-16-3-1-2-4-17(16)14-20-5-7-21(8-6-20)15-18(23)22-9-11-24-12-10-22/h1-4H,5-12,14-15H2. The third kappa shape index (κ3) is 4.32. The molecule has 0 bridgehead atoms. The summed E-state index contributed by atoms with van der Waals surface area (Å²) in [6, 6.07) is 10.0. The van der Waals surface area contributed by atoms with Crippen molar-refractivity contribution in [3.8, 4) is 6.07 Å². The van der Waals surface area contributed by atoms with Gasteiger partial charge in [0.2, 0.25) is 5.91 Å². The minimum Gasteiger partial charge on any atom is -0.378 e. The predicted molar refractivity (Wildman–Crippen MR) is 90.3 cm³/mol. The topological polar surface area (TPSA) is 59.8 Å². The number of piperazine rings is 1. The van der Waals surface area contributed by atoms with Gasteiger partial charge in [0.25, 0.3) is 0 Å². The maximum absolute atomic E-state index is 12.3. The first-order chi connectivity index (χ1) is 11.8. The second-order valence-electron chi connectivity index (χ2n) is 6.31. The lowest BCUT2D eigenvalue weighted by atomic mass is 10.1. The first kappa shape index (κ1) is 16.9. The number of rotatable bonds is 4. The van der Waals surface area contributed by atoms with Crippen molar-refractivity contribution in [3.05, 3.63) is 35.4 Å². The predicted octanol–water partition coefficient (Wildman–Crippen LogP) is 0.535. The zero-order valence-electron chi connectivity index (χ0n) is 14.0. The highest BCUT2D eigenvalue weighted by atomic mass is 16.5. The van der Waals surface area contributed by atoms with E-state index in [1.807, 2.05) is 29.2 Å². The Balaban J connectivity index is 1.45. The van der Waals surface area contributed by atoms with Crippen molar-refractivity contribution in [1.29, 1.82) is 5.26 Å². The summed E-state index contributed by atoms with van der Waals surface area (Å²) < 4.78 is 5.29. The zero-order chi connectivity index (χ0) is 16.8. The number of nitrogens with zero attached hydrogens (tertiary/aromatic N) is 4. The van der Waals surface area contributed by atoms with Crippen molar-refractivity contribution in [2.24, 2.45) is 0 Å². The van der Waals surface area contributed by atoms with Gasteiger partial charge in [0.1, 0.15) is 0 Å². The van der Waals surface area contributed by atoms with Crippen molar-refractivity contribution in [2.75, 3.05) is 59.0 Å². The van der Waals surface area contributed by atoms with E-state index < -0.39 is 0 Å². The molecule has 0 atom stereocenters. The minimum atomic E-state index is 0.210. The maximum atomic E-state index is 12.3. The molecule has 0 spiro atoms. The summed E-state index contributed by atoms with van der Waals surface area (Å²) in [4.78, 5) is 18.8. The van der Waals surface area contributed by atoms with Gasteiger partial charge < -0.3 is 9.64 Å². The number of nitriles is 1. The molecule has 0 radical (unpaired) electrons. The minimum absolute atomic E-state index is 0.210. The molecular formula is C18H24N4O2. The third-order valence-electron chi connectivity index (χ3n) is 4.72. The lowest BCUT2D eigenvalue weighted by molar-refractivity contribution is -0.136. The molecule has 24 heavy (non-hydrogen) atoms. The van der Waals surface area contributed by atoms with Gasteiger partial charge in [-0.05, 0) is 11.6 Å². The van der Waals surface area contributed by atoms with E-state index in [0.717, 1.165) is 43.9 Å². The fourth-order valence-electron chi connectivity index (χ4n) is 3.22. The smallest absolute Gasteiger partial charge is 0.236 e. The fraction of sp³-hybridized carbons (Fsp3) is 0.556. The SMILES string of the molecule is N#Cc1ccccc1CN1CCN(CC(=O)N2CCOCC2)CC1. The van der Waals surface area contributed by atoms with Crippen LogP contribution in [0.15, 0.2) is 24.3 Å². The van der Waals surface area contributed by atoms with Gasteiger partial charge in [-0.1, -0.05) is 18.2 Å². The van der Waals surface area contributed by atoms with Crippen LogP contribution in [-0.4, -0.2) is 79.6 Å². The molecule has 2 heterocycles. The van der Waals surface area contributed by atoms with E-state index in [2.05, 4.69) is 15.9 Å². The van der Waals surface area contributed by atoms with Crippen molar-refractivity contribution in [2.45, 2.75) is 6.54 Å². The Morgan fingerprint density at radius 1 is 1.04 bits per heavy atom. The van der Waals surface area contributed by atoms with Crippen LogP contribution in [0.4, 0.5) is 0 Å². The first-order valence-electron chi connectivity index (χ1n) is 8.54. The number of hydrogen-bond donors (Lipinski definition) is 0. The Kier molecular flexibility index (Phi) is 5.81. The van der Waals surface area contributed by atoms with Gasteiger partial charge in [0.15, 0.2) is 0 Å². The third-order valence-corrected chi connectivity index (χ3v) is 4.72. The normalized spacial score (nSPS) is 19.9. The largest absolute Gasteiger partial charge is 0.378 e. The molecule has 1 aromatic rings. The number of benzene rings is 1. The van der Waals surface area contributed by atoms with Crippen molar-refractivity contribution < 1.29 is 9.53 Å². The van der Waals surface area contributed by atoms with Crippen LogP contribution in [0.5, 0.6) is 0 Å². The average Bonchev–Trinajstić information content (AvgIpc) is 2.64. The van der Waals surface area contributed by atoms with Crippen LogP contribution in [0.25, 0.3) is 0 Å². The molecule has 0 unspecified atom stereocenters. The molecular weight excluding hydrogens is 304 g/mol. The summed E-state index contributed by atoms with van der Waals surface area (Å²) in [6.45, 7) is 7.67. The summed E-state index contributed by atoms with van der Waals surface area (Å²) in [5.74, 6) is 0.210. The number of morpholine rings is 1. The highest BCUT2D eigenvalue weighted by Crippen LogP contribution is 2.13. The average molecular weight is 328 g/mol. The fourth-order valence-corrected chi connectivity index (χ4v) is 3.22. The molecule has 0 aromatic heterocycles. The Labute approximate surface area is 143 Å². The highest BCUT2D eigenvalue weighted by Gasteiger charge is 2.23. The molecule has 1 aromatic carbocycles. The Morgan fingerprint density at radius 3 is 2.42 bits per heavy atom. The van der Waals surface area contributed by atoms with Crippen LogP contribution in [-0.2, 0) is 16.1 Å². The van der Waals surface area contributed by atoms with Crippen molar-refractivity contribution >= 4 is 5.91 Å². The molecule has 0 saturated carbocycles. The molecule has 2 saturated heterocycles. The van der Waals surface area contributed by atoms with Gasteiger partial charge in [-0.15, -0.1) is 0 Å². The van der Waals surface area contributed by atoms with Crippen molar-refractivity contribution in [1.82, 2.24) is 14.7 Å². The summed E-state index contributed by atoms with van der Waals surface area (Å²) in [7, 11) is 0. The Morgan fingerprint density at radius 2 is 1.71 bits per heavy atom. The first-order valence-corrected chi connectivity index (χ1v) is 8.54. The Bertz CT molecular complexity index is 599. The number of hydrogen-bond acceptors (Lipinski definition) is 5. The van der Waals surface area contributed by atoms with E-state index in [-0.39, 0.29) is 5.91 Å². The number of ether oxygens (including phenoxy) is 1. The van der Waals surface area contributed by atoms with Crippen LogP contribution >= 0.6 is 0 Å². The number of carbonyl (C=O) groups is 1. The quantitative estimate of drug-likeness (QED) is 0.807. The molecule has 2 aliphatic rings. The molecule has 2 fully saturated rings. The monoisotopic (exact) mass is 328 g/mol. The van der Waals surface area contributed by atoms with Gasteiger partial charge in [0.05, 0.1) is 31.4 Å². The van der Waals surface area contributed by atoms with E-state index in [1.165, 1.54) is 0 Å². The van der Waals surface area contributed by atoms with Gasteiger partial charge in [-0.25, -0.2) is 0 Å². The maximum Gasteiger partial charge on any atom is 0.236 e. The lowest BCUT2D eigenvalue weighted by Crippen LogP contribution is -2.51. The lowest BCUT2D eigenvalue weighted by Gasteiger charge is -2.36. The summed E-state index contributed by atoms with van der Waals surface area (Å²) >= 11 is 0. The molecule has 3 rings (SSSR count). The van der Waals surface area contributed by atoms with Crippen LogP contribution < -0.4 is 0 Å². The van der Waals surface area contributed by atoms with Crippen LogP contribution in [0.3, 0.4) is 0 Å². The molecule has 1 amide bonds. The van der Waals surface area contributed by atoms with Crippen LogP contribution in [0, 0.1) is 11.3 Å². The molecule has 128 valence electrons. The van der Waals surface area contributed by atoms with Crippen LogP contribution in [0.2, 0.25) is 0 Å². The Hall–Kier alpha value is -1.94. The van der Waals surface area contributed by atoms with E-state index in [1.54, 1.807) is 0 Å². The molecule has 0 aliphatic carbocycles. The zero-order valence-corrected chi connectivity index (χ0v) is 14.0. The van der Waals surface area contributed by atoms with E-state index >= 15 is 0 Å². The molecule has 0 N–H and O–H groups in total. The summed E-state index contributed by atoms with van der Waals surface area (Å²) in [5, 5.41) is 9.19. The van der Waals surface area contributed by atoms with E-state index in [0.29, 0.717) is 32.8 Å². The molecule has 6 nitrogen and oxygen atoms in total. The second kappa shape index (κ2) is 8.25. The number of carbonyl (C=O) groups excluding carboxylic acids is 1. The number of amides is 1. The second-order valence-corrected chi connectivity index (χ2v) is 6.31.